The van der Waals surface area contributed by atoms with E-state index < -0.39 is 9.84 Å². The van der Waals surface area contributed by atoms with Crippen LogP contribution in [0.3, 0.4) is 0 Å². The van der Waals surface area contributed by atoms with Gasteiger partial charge in [-0.05, 0) is 0 Å². The van der Waals surface area contributed by atoms with Crippen LogP contribution in [0, 0.1) is 0 Å². The SMILES string of the molecule is CN/C(N)=C\S(C)(=O)=O. The van der Waals surface area contributed by atoms with Gasteiger partial charge >= 0.3 is 0 Å². The second-order valence-corrected chi connectivity index (χ2v) is 3.55. The molecule has 0 aliphatic rings. The Bertz CT molecular complexity index is 205. The maximum absolute atomic E-state index is 10.4. The summed E-state index contributed by atoms with van der Waals surface area (Å²) in [6.07, 6.45) is 1.08. The van der Waals surface area contributed by atoms with Crippen molar-refractivity contribution in [2.75, 3.05) is 13.3 Å². The summed E-state index contributed by atoms with van der Waals surface area (Å²) in [6, 6.07) is 0. The van der Waals surface area contributed by atoms with Gasteiger partial charge in [0.05, 0.1) is 5.41 Å². The molecule has 4 nitrogen and oxygen atoms in total. The van der Waals surface area contributed by atoms with Crippen LogP contribution in [-0.2, 0) is 9.84 Å². The van der Waals surface area contributed by atoms with E-state index in [1.165, 1.54) is 0 Å². The summed E-state index contributed by atoms with van der Waals surface area (Å²) in [6.45, 7) is 0. The van der Waals surface area contributed by atoms with E-state index in [0.717, 1.165) is 11.7 Å². The number of nitrogens with two attached hydrogens (primary N) is 1. The zero-order valence-electron chi connectivity index (χ0n) is 5.38. The van der Waals surface area contributed by atoms with E-state index in [1.54, 1.807) is 7.05 Å². The molecule has 54 valence electrons. The Morgan fingerprint density at radius 3 is 2.22 bits per heavy atom. The van der Waals surface area contributed by atoms with Gasteiger partial charge in [0.2, 0.25) is 0 Å². The van der Waals surface area contributed by atoms with Gasteiger partial charge in [-0.25, -0.2) is 8.42 Å². The molecule has 0 aliphatic carbocycles. The Morgan fingerprint density at radius 1 is 1.67 bits per heavy atom. The highest BCUT2D eigenvalue weighted by Crippen LogP contribution is 1.85. The van der Waals surface area contributed by atoms with Crippen LogP contribution >= 0.6 is 0 Å². The molecule has 0 saturated carbocycles. The lowest BCUT2D eigenvalue weighted by molar-refractivity contribution is 0.609. The third-order valence-electron chi connectivity index (χ3n) is 0.630. The van der Waals surface area contributed by atoms with Crippen LogP contribution in [0.4, 0.5) is 0 Å². The van der Waals surface area contributed by atoms with Crippen molar-refractivity contribution in [3.05, 3.63) is 11.2 Å². The van der Waals surface area contributed by atoms with Crippen molar-refractivity contribution in [3.63, 3.8) is 0 Å². The molecule has 0 radical (unpaired) electrons. The predicted octanol–water partition coefficient (Wildman–Crippen LogP) is -0.992. The Hall–Kier alpha value is -0.710. The largest absolute Gasteiger partial charge is 0.385 e. The molecule has 0 atom stereocenters. The first-order valence-electron chi connectivity index (χ1n) is 2.30. The van der Waals surface area contributed by atoms with Gasteiger partial charge < -0.3 is 11.1 Å². The third kappa shape index (κ3) is 5.16. The van der Waals surface area contributed by atoms with Crippen LogP contribution in [0.2, 0.25) is 0 Å². The van der Waals surface area contributed by atoms with Crippen molar-refractivity contribution >= 4 is 9.84 Å². The van der Waals surface area contributed by atoms with Gasteiger partial charge in [0.15, 0.2) is 9.84 Å². The summed E-state index contributed by atoms with van der Waals surface area (Å²) in [5, 5.41) is 3.45. The number of sulfone groups is 1. The molecule has 0 heterocycles. The first-order valence-corrected chi connectivity index (χ1v) is 4.26. The first-order chi connectivity index (χ1) is 3.95. The highest BCUT2D eigenvalue weighted by atomic mass is 32.2. The van der Waals surface area contributed by atoms with E-state index in [4.69, 9.17) is 5.73 Å². The van der Waals surface area contributed by atoms with Crippen molar-refractivity contribution in [1.82, 2.24) is 5.32 Å². The van der Waals surface area contributed by atoms with E-state index in [0.29, 0.717) is 0 Å². The Labute approximate surface area is 54.7 Å². The summed E-state index contributed by atoms with van der Waals surface area (Å²) in [5.74, 6) is 0.150. The van der Waals surface area contributed by atoms with E-state index >= 15 is 0 Å². The molecule has 3 N–H and O–H groups in total. The summed E-state index contributed by atoms with van der Waals surface area (Å²) in [5.41, 5.74) is 5.13. The molecule has 0 unspecified atom stereocenters. The van der Waals surface area contributed by atoms with Gasteiger partial charge in [0.1, 0.15) is 5.82 Å². The topological polar surface area (TPSA) is 72.2 Å². The van der Waals surface area contributed by atoms with Crippen molar-refractivity contribution in [3.8, 4) is 0 Å². The van der Waals surface area contributed by atoms with Gasteiger partial charge in [-0.1, -0.05) is 0 Å². The van der Waals surface area contributed by atoms with Crippen molar-refractivity contribution < 1.29 is 8.42 Å². The lowest BCUT2D eigenvalue weighted by Gasteiger charge is -1.95. The van der Waals surface area contributed by atoms with Gasteiger partial charge in [0, 0.05) is 13.3 Å². The standard InChI is InChI=1S/C4H10N2O2S/c1-6-4(5)3-9(2,7)8/h3,6H,5H2,1-2H3/b4-3-. The van der Waals surface area contributed by atoms with Crippen molar-refractivity contribution in [2.24, 2.45) is 5.73 Å². The Kier molecular flexibility index (Phi) is 2.51. The lowest BCUT2D eigenvalue weighted by atomic mass is 10.8. The molecular weight excluding hydrogens is 140 g/mol. The van der Waals surface area contributed by atoms with Crippen molar-refractivity contribution in [1.29, 1.82) is 0 Å². The average Bonchev–Trinajstić information content (AvgIpc) is 1.62. The smallest absolute Gasteiger partial charge is 0.172 e. The fraction of sp³-hybridized carbons (Fsp3) is 0.500. The van der Waals surface area contributed by atoms with Crippen LogP contribution in [0.5, 0.6) is 0 Å². The molecule has 0 bridgehead atoms. The van der Waals surface area contributed by atoms with Gasteiger partial charge in [-0.2, -0.15) is 0 Å². The minimum atomic E-state index is -3.09. The molecule has 5 heteroatoms. The van der Waals surface area contributed by atoms with Gasteiger partial charge in [-0.15, -0.1) is 0 Å². The number of hydrogen-bond donors (Lipinski definition) is 2. The van der Waals surface area contributed by atoms with E-state index in [-0.39, 0.29) is 5.82 Å². The second-order valence-electron chi connectivity index (χ2n) is 1.65. The van der Waals surface area contributed by atoms with Crippen LogP contribution in [0.1, 0.15) is 0 Å². The van der Waals surface area contributed by atoms with E-state index in [2.05, 4.69) is 5.32 Å². The molecule has 0 amide bonds. The molecule has 0 rings (SSSR count). The van der Waals surface area contributed by atoms with Crippen LogP contribution in [-0.4, -0.2) is 21.7 Å². The van der Waals surface area contributed by atoms with E-state index in [1.807, 2.05) is 0 Å². The highest BCUT2D eigenvalue weighted by Gasteiger charge is 1.94. The number of rotatable bonds is 2. The minimum Gasteiger partial charge on any atom is -0.385 e. The number of nitrogens with one attached hydrogen (secondary N) is 1. The van der Waals surface area contributed by atoms with E-state index in [9.17, 15) is 8.42 Å². The normalized spacial score (nSPS) is 13.3. The summed E-state index contributed by atoms with van der Waals surface area (Å²) < 4.78 is 20.8. The minimum absolute atomic E-state index is 0.150. The van der Waals surface area contributed by atoms with Gasteiger partial charge in [0.25, 0.3) is 0 Å². The fourth-order valence-electron chi connectivity index (χ4n) is 0.290. The molecule has 0 spiro atoms. The molecule has 0 fully saturated rings. The maximum Gasteiger partial charge on any atom is 0.172 e. The van der Waals surface area contributed by atoms with Gasteiger partial charge in [-0.3, -0.25) is 0 Å². The number of hydrogen-bond acceptors (Lipinski definition) is 4. The Morgan fingerprint density at radius 2 is 2.11 bits per heavy atom. The summed E-state index contributed by atoms with van der Waals surface area (Å²) in [4.78, 5) is 0. The Balaban J connectivity index is 4.32. The summed E-state index contributed by atoms with van der Waals surface area (Å²) in [7, 11) is -1.53. The molecule has 0 aromatic heterocycles. The molecule has 0 aliphatic heterocycles. The first kappa shape index (κ1) is 8.29. The molecular formula is C4H10N2O2S. The summed E-state index contributed by atoms with van der Waals surface area (Å²) >= 11 is 0. The van der Waals surface area contributed by atoms with Crippen LogP contribution < -0.4 is 11.1 Å². The average molecular weight is 150 g/mol. The second kappa shape index (κ2) is 2.72. The van der Waals surface area contributed by atoms with Crippen LogP contribution in [0.25, 0.3) is 0 Å². The zero-order valence-corrected chi connectivity index (χ0v) is 6.20. The predicted molar refractivity (Wildman–Crippen MR) is 36.2 cm³/mol. The molecule has 0 aromatic rings. The van der Waals surface area contributed by atoms with Crippen molar-refractivity contribution in [2.45, 2.75) is 0 Å². The van der Waals surface area contributed by atoms with Crippen LogP contribution in [0.15, 0.2) is 11.2 Å². The molecule has 0 aromatic carbocycles. The molecule has 9 heavy (non-hydrogen) atoms. The maximum atomic E-state index is 10.4. The molecule has 0 saturated heterocycles. The third-order valence-corrected chi connectivity index (χ3v) is 1.31. The zero-order chi connectivity index (χ0) is 7.49. The lowest BCUT2D eigenvalue weighted by Crippen LogP contribution is -2.15. The fourth-order valence-corrected chi connectivity index (χ4v) is 0.869. The quantitative estimate of drug-likeness (QED) is 0.530. The monoisotopic (exact) mass is 150 g/mol. The highest BCUT2D eigenvalue weighted by molar-refractivity contribution is 7.93.